The molecule has 0 unspecified atom stereocenters. The summed E-state index contributed by atoms with van der Waals surface area (Å²) in [6, 6.07) is 7.82. The van der Waals surface area contributed by atoms with Crippen LogP contribution < -0.4 is 0 Å². The van der Waals surface area contributed by atoms with Gasteiger partial charge in [0.05, 0.1) is 11.6 Å². The molecule has 1 heterocycles. The molecule has 0 saturated carbocycles. The molecule has 1 aromatic carbocycles. The van der Waals surface area contributed by atoms with Crippen LogP contribution in [0.4, 0.5) is 0 Å². The first-order valence-electron chi connectivity index (χ1n) is 4.98. The Kier molecular flexibility index (Phi) is 2.49. The van der Waals surface area contributed by atoms with Crippen molar-refractivity contribution in [3.05, 3.63) is 24.3 Å². The fourth-order valence-corrected chi connectivity index (χ4v) is 1.72. The largest absolute Gasteiger partial charge is 0.300 e. The molecular weight excluding hydrogens is 190 g/mol. The summed E-state index contributed by atoms with van der Waals surface area (Å²) in [6.07, 6.45) is 0.493. The highest BCUT2D eigenvalue weighted by molar-refractivity contribution is 5.77. The summed E-state index contributed by atoms with van der Waals surface area (Å²) in [5.41, 5.74) is 1.85. The zero-order valence-electron chi connectivity index (χ0n) is 8.84. The monoisotopic (exact) mass is 203 g/mol. The van der Waals surface area contributed by atoms with Crippen molar-refractivity contribution in [2.45, 2.75) is 26.3 Å². The number of Topliss-reactive ketones (excluding diaryl/α,β-unsaturated/α-hetero) is 1. The highest BCUT2D eigenvalue weighted by atomic mass is 16.1. The van der Waals surface area contributed by atoms with Crippen LogP contribution in [0, 0.1) is 0 Å². The second-order valence-corrected chi connectivity index (χ2v) is 3.78. The van der Waals surface area contributed by atoms with Gasteiger partial charge in [-0.1, -0.05) is 17.3 Å². The van der Waals surface area contributed by atoms with Gasteiger partial charge in [-0.25, -0.2) is 4.68 Å². The Bertz CT molecular complexity index is 489. The quantitative estimate of drug-likeness (QED) is 0.766. The summed E-state index contributed by atoms with van der Waals surface area (Å²) >= 11 is 0. The molecule has 4 nitrogen and oxygen atoms in total. The third-order valence-corrected chi connectivity index (χ3v) is 2.38. The van der Waals surface area contributed by atoms with Crippen LogP contribution in [-0.2, 0) is 4.79 Å². The lowest BCUT2D eigenvalue weighted by Crippen LogP contribution is -2.10. The second-order valence-electron chi connectivity index (χ2n) is 3.78. The summed E-state index contributed by atoms with van der Waals surface area (Å²) in [6.45, 7) is 3.57. The highest BCUT2D eigenvalue weighted by Crippen LogP contribution is 2.17. The van der Waals surface area contributed by atoms with E-state index in [9.17, 15) is 4.79 Å². The molecule has 0 aliphatic heterocycles. The molecule has 1 atom stereocenters. The molecule has 0 N–H and O–H groups in total. The molecule has 4 heteroatoms. The van der Waals surface area contributed by atoms with Crippen LogP contribution in [0.2, 0.25) is 0 Å². The molecule has 1 aromatic heterocycles. The zero-order chi connectivity index (χ0) is 10.8. The van der Waals surface area contributed by atoms with E-state index in [1.807, 2.05) is 31.2 Å². The summed E-state index contributed by atoms with van der Waals surface area (Å²) in [5.74, 6) is 0.169. The average Bonchev–Trinajstić information content (AvgIpc) is 2.59. The number of para-hydroxylation sites is 1. The van der Waals surface area contributed by atoms with Crippen molar-refractivity contribution in [2.75, 3.05) is 0 Å². The summed E-state index contributed by atoms with van der Waals surface area (Å²) < 4.78 is 1.80. The Morgan fingerprint density at radius 1 is 1.47 bits per heavy atom. The molecule has 0 amide bonds. The van der Waals surface area contributed by atoms with Crippen molar-refractivity contribution in [3.8, 4) is 0 Å². The smallest absolute Gasteiger partial charge is 0.131 e. The maximum atomic E-state index is 11.0. The van der Waals surface area contributed by atoms with Gasteiger partial charge in [-0.05, 0) is 26.0 Å². The number of carbonyl (C=O) groups excluding carboxylic acids is 1. The molecule has 2 rings (SSSR count). The number of aromatic nitrogens is 3. The lowest BCUT2D eigenvalue weighted by Gasteiger charge is -2.09. The van der Waals surface area contributed by atoms with Gasteiger partial charge in [-0.2, -0.15) is 0 Å². The number of hydrogen-bond acceptors (Lipinski definition) is 3. The summed E-state index contributed by atoms with van der Waals surface area (Å²) in [4.78, 5) is 11.0. The minimum Gasteiger partial charge on any atom is -0.300 e. The molecule has 0 bridgehead atoms. The van der Waals surface area contributed by atoms with E-state index >= 15 is 0 Å². The van der Waals surface area contributed by atoms with Crippen molar-refractivity contribution in [3.63, 3.8) is 0 Å². The molecule has 78 valence electrons. The van der Waals surface area contributed by atoms with Crippen LogP contribution in [0.5, 0.6) is 0 Å². The van der Waals surface area contributed by atoms with E-state index in [0.29, 0.717) is 6.42 Å². The third kappa shape index (κ3) is 1.88. The van der Waals surface area contributed by atoms with Gasteiger partial charge in [-0.3, -0.25) is 4.79 Å². The van der Waals surface area contributed by atoms with Gasteiger partial charge in [-0.15, -0.1) is 5.10 Å². The number of carbonyl (C=O) groups is 1. The molecule has 15 heavy (non-hydrogen) atoms. The van der Waals surface area contributed by atoms with E-state index in [4.69, 9.17) is 0 Å². The number of hydrogen-bond donors (Lipinski definition) is 0. The predicted molar refractivity (Wildman–Crippen MR) is 57.5 cm³/mol. The van der Waals surface area contributed by atoms with E-state index < -0.39 is 0 Å². The Morgan fingerprint density at radius 2 is 2.20 bits per heavy atom. The molecule has 0 radical (unpaired) electrons. The molecule has 0 saturated heterocycles. The van der Waals surface area contributed by atoms with Crippen molar-refractivity contribution in [1.29, 1.82) is 0 Å². The van der Waals surface area contributed by atoms with E-state index in [-0.39, 0.29) is 11.8 Å². The van der Waals surface area contributed by atoms with Crippen LogP contribution >= 0.6 is 0 Å². The molecular formula is C11H13N3O. The van der Waals surface area contributed by atoms with Crippen molar-refractivity contribution in [1.82, 2.24) is 15.0 Å². The Labute approximate surface area is 87.9 Å². The number of benzene rings is 1. The lowest BCUT2D eigenvalue weighted by molar-refractivity contribution is -0.117. The first-order chi connectivity index (χ1) is 7.18. The van der Waals surface area contributed by atoms with E-state index in [1.54, 1.807) is 11.6 Å². The topological polar surface area (TPSA) is 47.8 Å². The minimum atomic E-state index is 0.0647. The van der Waals surface area contributed by atoms with Crippen LogP contribution in [0.1, 0.15) is 26.3 Å². The number of rotatable bonds is 3. The van der Waals surface area contributed by atoms with E-state index in [1.165, 1.54) is 0 Å². The lowest BCUT2D eigenvalue weighted by atomic mass is 10.2. The van der Waals surface area contributed by atoms with E-state index in [0.717, 1.165) is 11.0 Å². The maximum Gasteiger partial charge on any atom is 0.131 e. The standard InChI is InChI=1S/C11H13N3O/c1-8(7-9(2)15)14-11-6-4-3-5-10(11)12-13-14/h3-6,8H,7H2,1-2H3/t8-/m0/s1. The number of ketones is 1. The average molecular weight is 203 g/mol. The summed E-state index contributed by atoms with van der Waals surface area (Å²) in [7, 11) is 0. The number of nitrogens with zero attached hydrogens (tertiary/aromatic N) is 3. The van der Waals surface area contributed by atoms with Gasteiger partial charge in [0.2, 0.25) is 0 Å². The first kappa shape index (κ1) is 9.83. The van der Waals surface area contributed by atoms with Gasteiger partial charge in [0, 0.05) is 6.42 Å². The Morgan fingerprint density at radius 3 is 2.93 bits per heavy atom. The highest BCUT2D eigenvalue weighted by Gasteiger charge is 2.12. The van der Waals surface area contributed by atoms with Gasteiger partial charge >= 0.3 is 0 Å². The number of fused-ring (bicyclic) bond motifs is 1. The summed E-state index contributed by atoms with van der Waals surface area (Å²) in [5, 5.41) is 8.11. The van der Waals surface area contributed by atoms with Gasteiger partial charge < -0.3 is 0 Å². The fourth-order valence-electron chi connectivity index (χ4n) is 1.72. The molecule has 0 aliphatic carbocycles. The van der Waals surface area contributed by atoms with Crippen LogP contribution in [0.15, 0.2) is 24.3 Å². The van der Waals surface area contributed by atoms with E-state index in [2.05, 4.69) is 10.3 Å². The van der Waals surface area contributed by atoms with Crippen molar-refractivity contribution < 1.29 is 4.79 Å². The molecule has 0 fully saturated rings. The van der Waals surface area contributed by atoms with Gasteiger partial charge in [0.1, 0.15) is 11.3 Å². The van der Waals surface area contributed by atoms with Gasteiger partial charge in [0.25, 0.3) is 0 Å². The van der Waals surface area contributed by atoms with Crippen molar-refractivity contribution >= 4 is 16.8 Å². The van der Waals surface area contributed by atoms with Crippen LogP contribution in [-0.4, -0.2) is 20.8 Å². The molecule has 2 aromatic rings. The van der Waals surface area contributed by atoms with Crippen LogP contribution in [0.3, 0.4) is 0 Å². The Balaban J connectivity index is 2.39. The van der Waals surface area contributed by atoms with Gasteiger partial charge in [0.15, 0.2) is 0 Å². The fraction of sp³-hybridized carbons (Fsp3) is 0.364. The molecule has 0 spiro atoms. The van der Waals surface area contributed by atoms with Crippen LogP contribution in [0.25, 0.3) is 11.0 Å². The van der Waals surface area contributed by atoms with Crippen molar-refractivity contribution in [2.24, 2.45) is 0 Å². The SMILES string of the molecule is CC(=O)C[C@H](C)n1nnc2ccccc21. The normalized spacial score (nSPS) is 12.9. The Hall–Kier alpha value is -1.71. The predicted octanol–water partition coefficient (Wildman–Crippen LogP) is 1.97. The maximum absolute atomic E-state index is 11.0. The molecule has 0 aliphatic rings. The minimum absolute atomic E-state index is 0.0647. The zero-order valence-corrected chi connectivity index (χ0v) is 8.84. The first-order valence-corrected chi connectivity index (χ1v) is 4.98. The second kappa shape index (κ2) is 3.81. The third-order valence-electron chi connectivity index (χ3n) is 2.38.